The van der Waals surface area contributed by atoms with Crippen molar-refractivity contribution in [3.05, 3.63) is 64.5 Å². The van der Waals surface area contributed by atoms with Gasteiger partial charge in [0.25, 0.3) is 0 Å². The summed E-state index contributed by atoms with van der Waals surface area (Å²) in [6, 6.07) is 17.1. The Kier molecular flexibility index (Phi) is 5.53. The molecule has 0 radical (unpaired) electrons. The molecule has 26 heavy (non-hydrogen) atoms. The van der Waals surface area contributed by atoms with Crippen molar-refractivity contribution in [2.45, 2.75) is 11.4 Å². The normalized spacial score (nSPS) is 11.9. The second-order valence-corrected chi connectivity index (χ2v) is 10.1. The molecule has 0 aliphatic carbocycles. The molecule has 0 aliphatic rings. The number of hydrogen-bond donors (Lipinski definition) is 0. The quantitative estimate of drug-likeness (QED) is 0.585. The van der Waals surface area contributed by atoms with Crippen LogP contribution in [0.3, 0.4) is 0 Å². The van der Waals surface area contributed by atoms with E-state index in [1.807, 2.05) is 50.5 Å². The summed E-state index contributed by atoms with van der Waals surface area (Å²) >= 11 is 7.78. The van der Waals surface area contributed by atoms with E-state index in [1.54, 1.807) is 23.5 Å². The summed E-state index contributed by atoms with van der Waals surface area (Å²) in [5, 5.41) is 0.706. The number of halogens is 1. The Morgan fingerprint density at radius 3 is 2.08 bits per heavy atom. The van der Waals surface area contributed by atoms with Gasteiger partial charge in [-0.1, -0.05) is 35.9 Å². The molecule has 0 spiro atoms. The molecule has 6 heteroatoms. The van der Waals surface area contributed by atoms with Crippen LogP contribution in [-0.2, 0) is 16.4 Å². The van der Waals surface area contributed by atoms with Crippen LogP contribution >= 0.6 is 22.9 Å². The van der Waals surface area contributed by atoms with Gasteiger partial charge in [-0.2, -0.15) is 0 Å². The number of benzene rings is 2. The van der Waals surface area contributed by atoms with Gasteiger partial charge in [-0.05, 0) is 55.6 Å². The average Bonchev–Trinajstić information content (AvgIpc) is 2.98. The highest BCUT2D eigenvalue weighted by molar-refractivity contribution is 7.90. The molecule has 0 atom stereocenters. The fraction of sp³-hybridized carbons (Fsp3) is 0.200. The molecule has 2 aromatic carbocycles. The first kappa shape index (κ1) is 19.1. The number of nitrogens with zero attached hydrogens (tertiary/aromatic N) is 1. The fourth-order valence-corrected chi connectivity index (χ4v) is 4.80. The number of sulfone groups is 1. The average molecular weight is 406 g/mol. The van der Waals surface area contributed by atoms with Gasteiger partial charge in [0.1, 0.15) is 0 Å². The van der Waals surface area contributed by atoms with Crippen molar-refractivity contribution >= 4 is 32.8 Å². The lowest BCUT2D eigenvalue weighted by atomic mass is 10.0. The van der Waals surface area contributed by atoms with Gasteiger partial charge in [0.2, 0.25) is 0 Å². The van der Waals surface area contributed by atoms with E-state index in [0.717, 1.165) is 28.1 Å². The van der Waals surface area contributed by atoms with E-state index in [4.69, 9.17) is 11.6 Å². The Labute approximate surface area is 163 Å². The highest BCUT2D eigenvalue weighted by atomic mass is 35.5. The zero-order valence-corrected chi connectivity index (χ0v) is 17.3. The van der Waals surface area contributed by atoms with Crippen molar-refractivity contribution in [1.82, 2.24) is 4.90 Å². The lowest BCUT2D eigenvalue weighted by Gasteiger charge is -2.06. The number of thiophene rings is 1. The summed E-state index contributed by atoms with van der Waals surface area (Å²) < 4.78 is 23.4. The first-order chi connectivity index (χ1) is 12.2. The fourth-order valence-electron chi connectivity index (χ4n) is 2.74. The summed E-state index contributed by atoms with van der Waals surface area (Å²) in [6.07, 6.45) is 1.22. The van der Waals surface area contributed by atoms with Crippen LogP contribution < -0.4 is 0 Å². The number of hydrogen-bond acceptors (Lipinski definition) is 4. The first-order valence-electron chi connectivity index (χ1n) is 8.08. The summed E-state index contributed by atoms with van der Waals surface area (Å²) in [5.74, 6) is 0. The van der Waals surface area contributed by atoms with Crippen molar-refractivity contribution in [3.63, 3.8) is 0 Å². The molecule has 3 nitrogen and oxygen atoms in total. The minimum Gasteiger partial charge on any atom is -0.304 e. The van der Waals surface area contributed by atoms with Crippen molar-refractivity contribution < 1.29 is 8.42 Å². The van der Waals surface area contributed by atoms with Crippen molar-refractivity contribution in [2.24, 2.45) is 0 Å². The number of rotatable bonds is 5. The topological polar surface area (TPSA) is 37.4 Å². The Bertz CT molecular complexity index is 1000. The van der Waals surface area contributed by atoms with Crippen LogP contribution in [0.1, 0.15) is 4.88 Å². The molecule has 0 saturated carbocycles. The predicted octanol–water partition coefficient (Wildman–Crippen LogP) is 5.20. The van der Waals surface area contributed by atoms with Crippen LogP contribution in [0.5, 0.6) is 0 Å². The third-order valence-corrected chi connectivity index (χ3v) is 6.50. The van der Waals surface area contributed by atoms with Crippen molar-refractivity contribution in [1.29, 1.82) is 0 Å². The van der Waals surface area contributed by atoms with Gasteiger partial charge >= 0.3 is 0 Å². The summed E-state index contributed by atoms with van der Waals surface area (Å²) in [5.41, 5.74) is 3.21. The SMILES string of the molecule is CN(C)Cc1cc(-c2ccc(S(C)(=O)=O)cc2)c(-c2ccc(Cl)cc2)s1. The van der Waals surface area contributed by atoms with Crippen LogP contribution in [-0.4, -0.2) is 33.7 Å². The standard InChI is InChI=1S/C20H20ClNO2S2/c1-22(2)13-17-12-19(14-6-10-18(11-7-14)26(3,23)24)20(25-17)15-4-8-16(21)9-5-15/h4-12H,13H2,1-3H3. The monoisotopic (exact) mass is 405 g/mol. The van der Waals surface area contributed by atoms with Crippen molar-refractivity contribution in [3.8, 4) is 21.6 Å². The lowest BCUT2D eigenvalue weighted by molar-refractivity contribution is 0.406. The molecule has 1 heterocycles. The molecule has 0 bridgehead atoms. The molecular weight excluding hydrogens is 386 g/mol. The van der Waals surface area contributed by atoms with E-state index in [9.17, 15) is 8.42 Å². The van der Waals surface area contributed by atoms with Gasteiger partial charge in [0.15, 0.2) is 9.84 Å². The third kappa shape index (κ3) is 4.35. The molecule has 0 saturated heterocycles. The Morgan fingerprint density at radius 1 is 0.962 bits per heavy atom. The van der Waals surface area contributed by atoms with Gasteiger partial charge < -0.3 is 4.90 Å². The zero-order chi connectivity index (χ0) is 18.9. The lowest BCUT2D eigenvalue weighted by Crippen LogP contribution is -2.09. The molecule has 0 N–H and O–H groups in total. The maximum Gasteiger partial charge on any atom is 0.175 e. The second-order valence-electron chi connectivity index (χ2n) is 6.50. The van der Waals surface area contributed by atoms with Gasteiger partial charge in [-0.3, -0.25) is 0 Å². The van der Waals surface area contributed by atoms with E-state index in [1.165, 1.54) is 11.1 Å². The maximum atomic E-state index is 11.7. The summed E-state index contributed by atoms with van der Waals surface area (Å²) in [4.78, 5) is 4.87. The summed E-state index contributed by atoms with van der Waals surface area (Å²) in [6.45, 7) is 0.854. The minimum absolute atomic E-state index is 0.332. The van der Waals surface area contributed by atoms with Gasteiger partial charge in [0.05, 0.1) is 4.90 Å². The third-order valence-electron chi connectivity index (χ3n) is 3.96. The maximum absolute atomic E-state index is 11.7. The molecule has 1 aromatic heterocycles. The molecule has 0 unspecified atom stereocenters. The van der Waals surface area contributed by atoms with Crippen LogP contribution in [0.15, 0.2) is 59.5 Å². The zero-order valence-electron chi connectivity index (χ0n) is 14.9. The molecule has 136 valence electrons. The van der Waals surface area contributed by atoms with E-state index in [-0.39, 0.29) is 0 Å². The van der Waals surface area contributed by atoms with Gasteiger partial charge in [-0.15, -0.1) is 11.3 Å². The molecule has 0 aliphatic heterocycles. The van der Waals surface area contributed by atoms with Crippen LogP contribution in [0, 0.1) is 0 Å². The van der Waals surface area contributed by atoms with Crippen molar-refractivity contribution in [2.75, 3.05) is 20.4 Å². The Hall–Kier alpha value is -1.66. The Morgan fingerprint density at radius 2 is 1.54 bits per heavy atom. The van der Waals surface area contributed by atoms with E-state index in [0.29, 0.717) is 9.92 Å². The molecular formula is C20H20ClNO2S2. The van der Waals surface area contributed by atoms with Gasteiger partial charge in [-0.25, -0.2) is 8.42 Å². The molecule has 0 amide bonds. The first-order valence-corrected chi connectivity index (χ1v) is 11.2. The van der Waals surface area contributed by atoms with E-state index >= 15 is 0 Å². The molecule has 0 fully saturated rings. The van der Waals surface area contributed by atoms with E-state index in [2.05, 4.69) is 11.0 Å². The van der Waals surface area contributed by atoms with Gasteiger partial charge in [0, 0.05) is 33.1 Å². The Balaban J connectivity index is 2.09. The highest BCUT2D eigenvalue weighted by Gasteiger charge is 2.15. The van der Waals surface area contributed by atoms with Crippen LogP contribution in [0.4, 0.5) is 0 Å². The summed E-state index contributed by atoms with van der Waals surface area (Å²) in [7, 11) is 0.890. The largest absolute Gasteiger partial charge is 0.304 e. The smallest absolute Gasteiger partial charge is 0.175 e. The molecule has 3 aromatic rings. The van der Waals surface area contributed by atoms with Crippen LogP contribution in [0.2, 0.25) is 5.02 Å². The van der Waals surface area contributed by atoms with E-state index < -0.39 is 9.84 Å². The minimum atomic E-state index is -3.20. The predicted molar refractivity (Wildman–Crippen MR) is 111 cm³/mol. The second kappa shape index (κ2) is 7.53. The molecule has 3 rings (SSSR count). The van der Waals surface area contributed by atoms with Crippen LogP contribution in [0.25, 0.3) is 21.6 Å². The highest BCUT2D eigenvalue weighted by Crippen LogP contribution is 2.40.